The second-order valence-corrected chi connectivity index (χ2v) is 5.11. The van der Waals surface area contributed by atoms with Crippen LogP contribution in [-0.4, -0.2) is 6.61 Å². The summed E-state index contributed by atoms with van der Waals surface area (Å²) in [6.45, 7) is 5.30. The molecule has 0 aliphatic carbocycles. The van der Waals surface area contributed by atoms with Crippen molar-refractivity contribution in [3.8, 4) is 18.1 Å². The van der Waals surface area contributed by atoms with Crippen LogP contribution in [0, 0.1) is 19.3 Å². The quantitative estimate of drug-likeness (QED) is 0.811. The fraction of sp³-hybridized carbons (Fsp3) is 0.263. The van der Waals surface area contributed by atoms with Crippen molar-refractivity contribution in [2.45, 2.75) is 26.4 Å². The van der Waals surface area contributed by atoms with Gasteiger partial charge in [-0.15, -0.1) is 6.42 Å². The largest absolute Gasteiger partial charge is 0.481 e. The van der Waals surface area contributed by atoms with Crippen molar-refractivity contribution >= 4 is 0 Å². The Labute approximate surface area is 127 Å². The minimum Gasteiger partial charge on any atom is -0.481 e. The van der Waals surface area contributed by atoms with Gasteiger partial charge in [0, 0.05) is 18.2 Å². The number of aryl methyl sites for hydroxylation is 1. The van der Waals surface area contributed by atoms with Gasteiger partial charge in [0.05, 0.1) is 0 Å². The molecule has 0 fully saturated rings. The van der Waals surface area contributed by atoms with Crippen molar-refractivity contribution in [3.63, 3.8) is 0 Å². The van der Waals surface area contributed by atoms with Crippen LogP contribution in [0.15, 0.2) is 48.5 Å². The van der Waals surface area contributed by atoms with Crippen LogP contribution in [-0.2, 0) is 6.54 Å². The molecule has 108 valence electrons. The molecule has 2 nitrogen and oxygen atoms in total. The summed E-state index contributed by atoms with van der Waals surface area (Å²) in [7, 11) is 0. The summed E-state index contributed by atoms with van der Waals surface area (Å²) in [4.78, 5) is 0. The number of hydrogen-bond donors (Lipinski definition) is 1. The first-order valence-electron chi connectivity index (χ1n) is 7.15. The topological polar surface area (TPSA) is 21.3 Å². The molecule has 2 aromatic rings. The first-order chi connectivity index (χ1) is 10.2. The van der Waals surface area contributed by atoms with E-state index in [-0.39, 0.29) is 6.04 Å². The Kier molecular flexibility index (Phi) is 5.43. The molecule has 0 aliphatic rings. The van der Waals surface area contributed by atoms with Crippen LogP contribution in [0.5, 0.6) is 5.75 Å². The lowest BCUT2D eigenvalue weighted by Crippen LogP contribution is -2.18. The molecule has 0 spiro atoms. The molecule has 0 heterocycles. The molecule has 21 heavy (non-hydrogen) atoms. The fourth-order valence-corrected chi connectivity index (χ4v) is 2.15. The minimum atomic E-state index is 0.284. The molecule has 2 rings (SSSR count). The van der Waals surface area contributed by atoms with E-state index in [2.05, 4.69) is 55.4 Å². The van der Waals surface area contributed by atoms with E-state index in [9.17, 15) is 0 Å². The predicted molar refractivity (Wildman–Crippen MR) is 87.2 cm³/mol. The van der Waals surface area contributed by atoms with Gasteiger partial charge in [0.15, 0.2) is 0 Å². The highest BCUT2D eigenvalue weighted by Gasteiger charge is 2.07. The molecule has 0 unspecified atom stereocenters. The summed E-state index contributed by atoms with van der Waals surface area (Å²) in [5.41, 5.74) is 3.67. The van der Waals surface area contributed by atoms with Crippen LogP contribution in [0.3, 0.4) is 0 Å². The molecule has 0 bridgehead atoms. The van der Waals surface area contributed by atoms with Crippen molar-refractivity contribution in [3.05, 3.63) is 65.2 Å². The Balaban J connectivity index is 1.99. The van der Waals surface area contributed by atoms with E-state index in [1.54, 1.807) is 0 Å². The summed E-state index contributed by atoms with van der Waals surface area (Å²) in [5, 5.41) is 3.52. The summed E-state index contributed by atoms with van der Waals surface area (Å²) in [5.74, 6) is 3.34. The second kappa shape index (κ2) is 7.52. The van der Waals surface area contributed by atoms with E-state index in [4.69, 9.17) is 11.2 Å². The van der Waals surface area contributed by atoms with Gasteiger partial charge in [-0.2, -0.15) is 0 Å². The van der Waals surface area contributed by atoms with Crippen molar-refractivity contribution in [1.82, 2.24) is 5.32 Å². The first kappa shape index (κ1) is 15.2. The smallest absolute Gasteiger partial charge is 0.148 e. The zero-order chi connectivity index (χ0) is 15.1. The lowest BCUT2D eigenvalue weighted by atomic mass is 10.1. The van der Waals surface area contributed by atoms with E-state index in [0.29, 0.717) is 6.61 Å². The Morgan fingerprint density at radius 3 is 2.57 bits per heavy atom. The summed E-state index contributed by atoms with van der Waals surface area (Å²) < 4.78 is 5.56. The third kappa shape index (κ3) is 4.37. The zero-order valence-electron chi connectivity index (χ0n) is 12.6. The van der Waals surface area contributed by atoms with E-state index in [1.807, 2.05) is 18.2 Å². The molecule has 0 aromatic heterocycles. The van der Waals surface area contributed by atoms with Gasteiger partial charge in [-0.1, -0.05) is 53.9 Å². The van der Waals surface area contributed by atoms with Gasteiger partial charge in [-0.25, -0.2) is 0 Å². The third-order valence-corrected chi connectivity index (χ3v) is 3.46. The highest BCUT2D eigenvalue weighted by atomic mass is 16.5. The second-order valence-electron chi connectivity index (χ2n) is 5.11. The van der Waals surface area contributed by atoms with Gasteiger partial charge < -0.3 is 10.1 Å². The minimum absolute atomic E-state index is 0.284. The standard InChI is InChI=1S/C19H21NO/c1-4-13-21-19-8-6-5-7-18(19)14-20-16(3)17-11-9-15(2)10-12-17/h1,5-12,16,20H,13-14H2,2-3H3/t16-/m1/s1. The Morgan fingerprint density at radius 2 is 1.86 bits per heavy atom. The highest BCUT2D eigenvalue weighted by Crippen LogP contribution is 2.20. The van der Waals surface area contributed by atoms with Gasteiger partial charge in [0.1, 0.15) is 12.4 Å². The van der Waals surface area contributed by atoms with Crippen LogP contribution in [0.4, 0.5) is 0 Å². The van der Waals surface area contributed by atoms with Gasteiger partial charge >= 0.3 is 0 Å². The summed E-state index contributed by atoms with van der Waals surface area (Å²) in [6.07, 6.45) is 5.25. The molecule has 0 aliphatic heterocycles. The maximum Gasteiger partial charge on any atom is 0.148 e. The van der Waals surface area contributed by atoms with E-state index >= 15 is 0 Å². The molecular formula is C19H21NO. The predicted octanol–water partition coefficient (Wildman–Crippen LogP) is 3.86. The Morgan fingerprint density at radius 1 is 1.14 bits per heavy atom. The van der Waals surface area contributed by atoms with Crippen LogP contribution >= 0.6 is 0 Å². The molecule has 1 atom stereocenters. The molecule has 0 saturated heterocycles. The van der Waals surface area contributed by atoms with Crippen LogP contribution in [0.25, 0.3) is 0 Å². The van der Waals surface area contributed by atoms with Gasteiger partial charge in [-0.3, -0.25) is 0 Å². The number of hydrogen-bond acceptors (Lipinski definition) is 2. The average molecular weight is 279 g/mol. The first-order valence-corrected chi connectivity index (χ1v) is 7.15. The van der Waals surface area contributed by atoms with Crippen molar-refractivity contribution in [1.29, 1.82) is 0 Å². The van der Waals surface area contributed by atoms with E-state index in [1.165, 1.54) is 11.1 Å². The van der Waals surface area contributed by atoms with Crippen molar-refractivity contribution < 1.29 is 4.74 Å². The monoisotopic (exact) mass is 279 g/mol. The van der Waals surface area contributed by atoms with Crippen LogP contribution in [0.1, 0.15) is 29.7 Å². The Bertz CT molecular complexity index is 610. The van der Waals surface area contributed by atoms with Gasteiger partial charge in [0.25, 0.3) is 0 Å². The maximum atomic E-state index is 5.56. The van der Waals surface area contributed by atoms with Crippen LogP contribution in [0.2, 0.25) is 0 Å². The maximum absolute atomic E-state index is 5.56. The van der Waals surface area contributed by atoms with Crippen molar-refractivity contribution in [2.24, 2.45) is 0 Å². The molecule has 0 amide bonds. The van der Waals surface area contributed by atoms with E-state index < -0.39 is 0 Å². The van der Waals surface area contributed by atoms with E-state index in [0.717, 1.165) is 17.9 Å². The number of terminal acetylenes is 1. The SMILES string of the molecule is C#CCOc1ccccc1CN[C@H](C)c1ccc(C)cc1. The molecule has 2 heteroatoms. The van der Waals surface area contributed by atoms with Crippen LogP contribution < -0.4 is 10.1 Å². The lowest BCUT2D eigenvalue weighted by Gasteiger charge is -2.16. The lowest BCUT2D eigenvalue weighted by molar-refractivity contribution is 0.364. The summed E-state index contributed by atoms with van der Waals surface area (Å²) >= 11 is 0. The summed E-state index contributed by atoms with van der Waals surface area (Å²) in [6, 6.07) is 16.9. The Hall–Kier alpha value is -2.24. The normalized spacial score (nSPS) is 11.7. The highest BCUT2D eigenvalue weighted by molar-refractivity contribution is 5.33. The molecule has 0 radical (unpaired) electrons. The zero-order valence-corrected chi connectivity index (χ0v) is 12.6. The number of para-hydroxylation sites is 1. The molecular weight excluding hydrogens is 258 g/mol. The number of nitrogens with one attached hydrogen (secondary N) is 1. The molecule has 0 saturated carbocycles. The average Bonchev–Trinajstić information content (AvgIpc) is 2.52. The van der Waals surface area contributed by atoms with Crippen molar-refractivity contribution in [2.75, 3.05) is 6.61 Å². The molecule has 1 N–H and O–H groups in total. The number of ether oxygens (including phenoxy) is 1. The van der Waals surface area contributed by atoms with Gasteiger partial charge in [-0.05, 0) is 25.5 Å². The number of benzene rings is 2. The molecule has 2 aromatic carbocycles. The number of rotatable bonds is 6. The third-order valence-electron chi connectivity index (χ3n) is 3.46. The van der Waals surface area contributed by atoms with Gasteiger partial charge in [0.2, 0.25) is 0 Å². The fourth-order valence-electron chi connectivity index (χ4n) is 2.15.